The van der Waals surface area contributed by atoms with Crippen molar-refractivity contribution in [2.75, 3.05) is 35.2 Å². The molecule has 29 heavy (non-hydrogen) atoms. The van der Waals surface area contributed by atoms with Crippen LogP contribution in [0, 0.1) is 0 Å². The molecule has 7 nitrogen and oxygen atoms in total. The number of benzene rings is 2. The summed E-state index contributed by atoms with van der Waals surface area (Å²) < 4.78 is 0. The molecule has 154 valence electrons. The Morgan fingerprint density at radius 1 is 0.724 bits per heavy atom. The molecule has 0 aromatic heterocycles. The number of amides is 2. The predicted octanol–water partition coefficient (Wildman–Crippen LogP) is 1.96. The van der Waals surface area contributed by atoms with E-state index >= 15 is 0 Å². The van der Waals surface area contributed by atoms with Crippen LogP contribution in [0.25, 0.3) is 0 Å². The molecule has 2 N–H and O–H groups in total. The molecule has 2 aromatic carbocycles. The van der Waals surface area contributed by atoms with E-state index < -0.39 is 0 Å². The van der Waals surface area contributed by atoms with Gasteiger partial charge >= 0.3 is 0 Å². The minimum atomic E-state index is -0.0136. The van der Waals surface area contributed by atoms with Crippen molar-refractivity contribution in [3.05, 3.63) is 70.8 Å². The highest BCUT2D eigenvalue weighted by molar-refractivity contribution is 5.94. The second-order valence-corrected chi connectivity index (χ2v) is 7.07. The molecule has 0 unspecified atom stereocenters. The van der Waals surface area contributed by atoms with E-state index in [0.717, 1.165) is 11.1 Å². The van der Waals surface area contributed by atoms with Crippen molar-refractivity contribution in [1.29, 1.82) is 0 Å². The smallest absolute Gasteiger partial charge is 0.253 e. The van der Waals surface area contributed by atoms with E-state index in [1.54, 1.807) is 45.0 Å². The lowest BCUT2D eigenvalue weighted by Gasteiger charge is -2.14. The van der Waals surface area contributed by atoms with Gasteiger partial charge in [-0.05, 0) is 35.4 Å². The van der Waals surface area contributed by atoms with Gasteiger partial charge in [-0.1, -0.05) is 24.3 Å². The Labute approximate surface area is 172 Å². The number of hydrogen-bond donors (Lipinski definition) is 2. The van der Waals surface area contributed by atoms with Gasteiger partial charge in [-0.25, -0.2) is 0 Å². The highest BCUT2D eigenvalue weighted by Crippen LogP contribution is 2.07. The Morgan fingerprint density at radius 2 is 1.07 bits per heavy atom. The first kappa shape index (κ1) is 21.9. The molecular formula is C22H29N5O2. The average molecular weight is 396 g/mol. The summed E-state index contributed by atoms with van der Waals surface area (Å²) in [5, 5.41) is 6.51. The number of hydrogen-bond acceptors (Lipinski definition) is 3. The van der Waals surface area contributed by atoms with Gasteiger partial charge in [0.05, 0.1) is 0 Å². The third kappa shape index (κ3) is 6.34. The molecule has 2 aromatic rings. The van der Waals surface area contributed by atoms with Gasteiger partial charge in [-0.2, -0.15) is 0 Å². The number of carbonyl (C=O) groups is 2. The van der Waals surface area contributed by atoms with E-state index in [9.17, 15) is 9.59 Å². The third-order valence-corrected chi connectivity index (χ3v) is 4.36. The number of carbonyl (C=O) groups excluding carboxylic acids is 2. The summed E-state index contributed by atoms with van der Waals surface area (Å²) in [6, 6.07) is 15.0. The van der Waals surface area contributed by atoms with Crippen LogP contribution >= 0.6 is 0 Å². The zero-order chi connectivity index (χ0) is 21.4. The molecule has 0 aliphatic heterocycles. The van der Waals surface area contributed by atoms with Crippen molar-refractivity contribution in [2.45, 2.75) is 13.1 Å². The Balaban J connectivity index is 1.86. The molecule has 0 fully saturated rings. The van der Waals surface area contributed by atoms with Gasteiger partial charge in [-0.3, -0.25) is 14.6 Å². The van der Waals surface area contributed by atoms with Gasteiger partial charge in [0, 0.05) is 59.5 Å². The molecule has 0 heterocycles. The minimum absolute atomic E-state index is 0.0136. The molecule has 0 atom stereocenters. The van der Waals surface area contributed by atoms with Gasteiger partial charge in [0.1, 0.15) is 0 Å². The quantitative estimate of drug-likeness (QED) is 0.579. The molecule has 0 saturated carbocycles. The summed E-state index contributed by atoms with van der Waals surface area (Å²) in [4.78, 5) is 31.2. The van der Waals surface area contributed by atoms with Gasteiger partial charge in [0.2, 0.25) is 0 Å². The van der Waals surface area contributed by atoms with E-state index in [4.69, 9.17) is 0 Å². The minimum Gasteiger partial charge on any atom is -0.352 e. The van der Waals surface area contributed by atoms with Crippen LogP contribution in [0.15, 0.2) is 53.5 Å². The first-order chi connectivity index (χ1) is 13.8. The molecule has 0 bridgehead atoms. The SMILES string of the molecule is CN=C(NCc1ccc(C(=O)N(C)C)cc1)NCc1ccc(C(=O)N(C)C)cc1. The number of rotatable bonds is 6. The van der Waals surface area contributed by atoms with E-state index in [1.165, 1.54) is 0 Å². The summed E-state index contributed by atoms with van der Waals surface area (Å²) >= 11 is 0. The average Bonchev–Trinajstić information content (AvgIpc) is 2.73. The third-order valence-electron chi connectivity index (χ3n) is 4.36. The number of nitrogens with one attached hydrogen (secondary N) is 2. The summed E-state index contributed by atoms with van der Waals surface area (Å²) in [7, 11) is 8.66. The van der Waals surface area contributed by atoms with Crippen LogP contribution in [-0.4, -0.2) is 62.8 Å². The zero-order valence-corrected chi connectivity index (χ0v) is 17.7. The van der Waals surface area contributed by atoms with E-state index in [-0.39, 0.29) is 11.8 Å². The lowest BCUT2D eigenvalue weighted by molar-refractivity contribution is 0.0820. The maximum atomic E-state index is 11.9. The van der Waals surface area contributed by atoms with Crippen LogP contribution in [0.3, 0.4) is 0 Å². The summed E-state index contributed by atoms with van der Waals surface area (Å²) in [6.07, 6.45) is 0. The van der Waals surface area contributed by atoms with E-state index in [0.29, 0.717) is 30.2 Å². The summed E-state index contributed by atoms with van der Waals surface area (Å²) in [6.45, 7) is 1.18. The normalized spacial score (nSPS) is 10.1. The van der Waals surface area contributed by atoms with Crippen molar-refractivity contribution < 1.29 is 9.59 Å². The highest BCUT2D eigenvalue weighted by atomic mass is 16.2. The highest BCUT2D eigenvalue weighted by Gasteiger charge is 2.08. The molecule has 0 aliphatic rings. The van der Waals surface area contributed by atoms with Crippen LogP contribution in [0.1, 0.15) is 31.8 Å². The Bertz CT molecular complexity index is 786. The number of nitrogens with zero attached hydrogens (tertiary/aromatic N) is 3. The van der Waals surface area contributed by atoms with Crippen LogP contribution in [-0.2, 0) is 13.1 Å². The molecule has 2 amide bonds. The maximum absolute atomic E-state index is 11.9. The Morgan fingerprint density at radius 3 is 1.34 bits per heavy atom. The summed E-state index contributed by atoms with van der Waals surface area (Å²) in [5.41, 5.74) is 3.43. The molecule has 2 rings (SSSR count). The maximum Gasteiger partial charge on any atom is 0.253 e. The Hall–Kier alpha value is -3.35. The largest absolute Gasteiger partial charge is 0.352 e. The fourth-order valence-corrected chi connectivity index (χ4v) is 2.64. The van der Waals surface area contributed by atoms with E-state index in [1.807, 2.05) is 48.5 Å². The standard InChI is InChI=1S/C22H29N5O2/c1-23-22(24-14-16-6-10-18(11-7-16)20(28)26(2)3)25-15-17-8-12-19(13-9-17)21(29)27(4)5/h6-13H,14-15H2,1-5H3,(H2,23,24,25). The molecular weight excluding hydrogens is 366 g/mol. The van der Waals surface area contributed by atoms with Gasteiger partial charge < -0.3 is 20.4 Å². The second-order valence-electron chi connectivity index (χ2n) is 7.07. The first-order valence-corrected chi connectivity index (χ1v) is 9.37. The Kier molecular flexibility index (Phi) is 7.77. The van der Waals surface area contributed by atoms with Crippen molar-refractivity contribution >= 4 is 17.8 Å². The molecule has 7 heteroatoms. The lowest BCUT2D eigenvalue weighted by Crippen LogP contribution is -2.36. The van der Waals surface area contributed by atoms with E-state index in [2.05, 4.69) is 15.6 Å². The fourth-order valence-electron chi connectivity index (χ4n) is 2.64. The number of aliphatic imine (C=N–C) groups is 1. The van der Waals surface area contributed by atoms with Crippen LogP contribution in [0.2, 0.25) is 0 Å². The van der Waals surface area contributed by atoms with Crippen LogP contribution < -0.4 is 10.6 Å². The summed E-state index contributed by atoms with van der Waals surface area (Å²) in [5.74, 6) is 0.646. The van der Waals surface area contributed by atoms with Crippen LogP contribution in [0.4, 0.5) is 0 Å². The monoisotopic (exact) mass is 395 g/mol. The second kappa shape index (κ2) is 10.3. The topological polar surface area (TPSA) is 77.0 Å². The van der Waals surface area contributed by atoms with Gasteiger partial charge in [0.25, 0.3) is 11.8 Å². The van der Waals surface area contributed by atoms with Crippen molar-refractivity contribution in [2.24, 2.45) is 4.99 Å². The first-order valence-electron chi connectivity index (χ1n) is 9.37. The van der Waals surface area contributed by atoms with Gasteiger partial charge in [0.15, 0.2) is 5.96 Å². The molecule has 0 radical (unpaired) electrons. The van der Waals surface area contributed by atoms with Crippen molar-refractivity contribution in [3.8, 4) is 0 Å². The van der Waals surface area contributed by atoms with Gasteiger partial charge in [-0.15, -0.1) is 0 Å². The molecule has 0 saturated heterocycles. The number of guanidine groups is 1. The molecule has 0 spiro atoms. The lowest BCUT2D eigenvalue weighted by atomic mass is 10.1. The predicted molar refractivity (Wildman–Crippen MR) is 116 cm³/mol. The van der Waals surface area contributed by atoms with Crippen molar-refractivity contribution in [1.82, 2.24) is 20.4 Å². The fraction of sp³-hybridized carbons (Fsp3) is 0.318. The zero-order valence-electron chi connectivity index (χ0n) is 17.7. The molecule has 0 aliphatic carbocycles. The van der Waals surface area contributed by atoms with Crippen molar-refractivity contribution in [3.63, 3.8) is 0 Å². The van der Waals surface area contributed by atoms with Crippen LogP contribution in [0.5, 0.6) is 0 Å².